The molecule has 0 fully saturated rings. The zero-order valence-corrected chi connectivity index (χ0v) is 9.73. The summed E-state index contributed by atoms with van der Waals surface area (Å²) < 4.78 is 6.61. The quantitative estimate of drug-likeness (QED) is 0.865. The molecule has 0 saturated carbocycles. The number of nitrogens with two attached hydrogens (primary N) is 1. The van der Waals surface area contributed by atoms with Crippen LogP contribution in [-0.4, -0.2) is 18.6 Å². The van der Waals surface area contributed by atoms with E-state index in [0.29, 0.717) is 6.54 Å². The minimum absolute atomic E-state index is 0.632. The maximum atomic E-state index is 5.60. The summed E-state index contributed by atoms with van der Waals surface area (Å²) in [5, 5.41) is 0. The first-order chi connectivity index (χ1) is 7.27. The zero-order chi connectivity index (χ0) is 10.8. The van der Waals surface area contributed by atoms with E-state index in [4.69, 9.17) is 10.5 Å². The fourth-order valence-corrected chi connectivity index (χ4v) is 2.58. The SMILES string of the molecule is COc1c(CCN)c(C)cc2scnc12. The molecule has 0 aliphatic carbocycles. The lowest BCUT2D eigenvalue weighted by Gasteiger charge is -2.11. The average molecular weight is 222 g/mol. The Labute approximate surface area is 92.9 Å². The first-order valence-corrected chi connectivity index (χ1v) is 5.75. The number of fused-ring (bicyclic) bond motifs is 1. The van der Waals surface area contributed by atoms with E-state index in [0.717, 1.165) is 17.7 Å². The van der Waals surface area contributed by atoms with Crippen LogP contribution in [0.2, 0.25) is 0 Å². The summed E-state index contributed by atoms with van der Waals surface area (Å²) in [6, 6.07) is 2.15. The molecule has 0 atom stereocenters. The molecule has 2 rings (SSSR count). The minimum Gasteiger partial charge on any atom is -0.494 e. The number of aryl methyl sites for hydroxylation is 1. The summed E-state index contributed by atoms with van der Waals surface area (Å²) in [5.41, 5.74) is 10.8. The molecular weight excluding hydrogens is 208 g/mol. The molecule has 3 nitrogen and oxygen atoms in total. The Morgan fingerprint density at radius 3 is 3.00 bits per heavy atom. The summed E-state index contributed by atoms with van der Waals surface area (Å²) in [6.07, 6.45) is 0.836. The van der Waals surface area contributed by atoms with Crippen molar-refractivity contribution in [3.63, 3.8) is 0 Å². The van der Waals surface area contributed by atoms with Crippen LogP contribution < -0.4 is 10.5 Å². The Kier molecular flexibility index (Phi) is 2.88. The minimum atomic E-state index is 0.632. The summed E-state index contributed by atoms with van der Waals surface area (Å²) in [7, 11) is 1.69. The van der Waals surface area contributed by atoms with Gasteiger partial charge < -0.3 is 10.5 Å². The Morgan fingerprint density at radius 1 is 1.53 bits per heavy atom. The van der Waals surface area contributed by atoms with Crippen molar-refractivity contribution in [2.45, 2.75) is 13.3 Å². The van der Waals surface area contributed by atoms with Gasteiger partial charge >= 0.3 is 0 Å². The monoisotopic (exact) mass is 222 g/mol. The third kappa shape index (κ3) is 1.70. The number of benzene rings is 1. The van der Waals surface area contributed by atoms with Crippen molar-refractivity contribution in [3.8, 4) is 5.75 Å². The van der Waals surface area contributed by atoms with Gasteiger partial charge in [0.25, 0.3) is 0 Å². The predicted molar refractivity (Wildman–Crippen MR) is 63.7 cm³/mol. The van der Waals surface area contributed by atoms with Gasteiger partial charge in [0, 0.05) is 5.56 Å². The third-order valence-corrected chi connectivity index (χ3v) is 3.28. The topological polar surface area (TPSA) is 48.1 Å². The second kappa shape index (κ2) is 4.16. The number of hydrogen-bond donors (Lipinski definition) is 1. The molecule has 1 heterocycles. The lowest BCUT2D eigenvalue weighted by molar-refractivity contribution is 0.413. The molecule has 80 valence electrons. The maximum absolute atomic E-state index is 5.60. The number of nitrogens with zero attached hydrogens (tertiary/aromatic N) is 1. The Bertz CT molecular complexity index is 479. The van der Waals surface area contributed by atoms with Gasteiger partial charge in [-0.1, -0.05) is 0 Å². The molecule has 0 aliphatic heterocycles. The first-order valence-electron chi connectivity index (χ1n) is 4.87. The standard InChI is InChI=1S/C11H14N2OS/c1-7-5-9-10(13-6-15-9)11(14-2)8(7)3-4-12/h5-6H,3-4,12H2,1-2H3. The number of thiazole rings is 1. The summed E-state index contributed by atoms with van der Waals surface area (Å²) in [4.78, 5) is 4.33. The molecule has 4 heteroatoms. The van der Waals surface area contributed by atoms with Gasteiger partial charge in [-0.3, -0.25) is 0 Å². The van der Waals surface area contributed by atoms with Crippen LogP contribution in [0.5, 0.6) is 5.75 Å². The van der Waals surface area contributed by atoms with Gasteiger partial charge in [0.05, 0.1) is 17.3 Å². The van der Waals surface area contributed by atoms with E-state index in [1.807, 2.05) is 5.51 Å². The van der Waals surface area contributed by atoms with Crippen LogP contribution in [-0.2, 0) is 6.42 Å². The van der Waals surface area contributed by atoms with Crippen LogP contribution in [0.25, 0.3) is 10.2 Å². The fraction of sp³-hybridized carbons (Fsp3) is 0.364. The molecule has 0 spiro atoms. The van der Waals surface area contributed by atoms with Crippen LogP contribution in [0.1, 0.15) is 11.1 Å². The van der Waals surface area contributed by atoms with Crippen molar-refractivity contribution < 1.29 is 4.74 Å². The van der Waals surface area contributed by atoms with Gasteiger partial charge in [0.1, 0.15) is 11.3 Å². The summed E-state index contributed by atoms with van der Waals surface area (Å²) in [5.74, 6) is 0.886. The van der Waals surface area contributed by atoms with Crippen LogP contribution in [0.4, 0.5) is 0 Å². The van der Waals surface area contributed by atoms with Gasteiger partial charge in [0.15, 0.2) is 0 Å². The number of aromatic nitrogens is 1. The van der Waals surface area contributed by atoms with E-state index < -0.39 is 0 Å². The third-order valence-electron chi connectivity index (χ3n) is 2.51. The van der Waals surface area contributed by atoms with Crippen LogP contribution in [0.3, 0.4) is 0 Å². The van der Waals surface area contributed by atoms with Crippen molar-refractivity contribution >= 4 is 21.6 Å². The number of hydrogen-bond acceptors (Lipinski definition) is 4. The molecular formula is C11H14N2OS. The molecule has 0 bridgehead atoms. The van der Waals surface area contributed by atoms with Crippen molar-refractivity contribution in [1.82, 2.24) is 4.98 Å². The summed E-state index contributed by atoms with van der Waals surface area (Å²) in [6.45, 7) is 2.72. The van der Waals surface area contributed by atoms with Gasteiger partial charge in [-0.15, -0.1) is 11.3 Å². The van der Waals surface area contributed by atoms with E-state index >= 15 is 0 Å². The van der Waals surface area contributed by atoms with Gasteiger partial charge in [-0.2, -0.15) is 0 Å². The lowest BCUT2D eigenvalue weighted by atomic mass is 10.0. The molecule has 0 unspecified atom stereocenters. The molecule has 0 amide bonds. The van der Waals surface area contributed by atoms with E-state index in [9.17, 15) is 0 Å². The average Bonchev–Trinajstić information content (AvgIpc) is 2.66. The first kappa shape index (κ1) is 10.4. The van der Waals surface area contributed by atoms with Crippen LogP contribution >= 0.6 is 11.3 Å². The fourth-order valence-electron chi connectivity index (χ4n) is 1.81. The molecule has 0 aliphatic rings. The van der Waals surface area contributed by atoms with Crippen molar-refractivity contribution in [3.05, 3.63) is 22.7 Å². The maximum Gasteiger partial charge on any atom is 0.149 e. The van der Waals surface area contributed by atoms with E-state index in [1.165, 1.54) is 15.8 Å². The number of rotatable bonds is 3. The smallest absolute Gasteiger partial charge is 0.149 e. The van der Waals surface area contributed by atoms with Crippen LogP contribution in [0.15, 0.2) is 11.6 Å². The lowest BCUT2D eigenvalue weighted by Crippen LogP contribution is -2.06. The largest absolute Gasteiger partial charge is 0.494 e. The van der Waals surface area contributed by atoms with E-state index in [1.54, 1.807) is 18.4 Å². The predicted octanol–water partition coefficient (Wildman–Crippen LogP) is 2.11. The van der Waals surface area contributed by atoms with Crippen LogP contribution in [0, 0.1) is 6.92 Å². The van der Waals surface area contributed by atoms with Gasteiger partial charge in [-0.25, -0.2) is 4.98 Å². The second-order valence-electron chi connectivity index (χ2n) is 3.44. The molecule has 0 radical (unpaired) electrons. The molecule has 1 aromatic carbocycles. The highest BCUT2D eigenvalue weighted by Gasteiger charge is 2.12. The highest BCUT2D eigenvalue weighted by atomic mass is 32.1. The highest BCUT2D eigenvalue weighted by molar-refractivity contribution is 7.16. The molecule has 0 saturated heterocycles. The molecule has 2 N–H and O–H groups in total. The highest BCUT2D eigenvalue weighted by Crippen LogP contribution is 2.33. The Hall–Kier alpha value is -1.13. The van der Waals surface area contributed by atoms with Crippen molar-refractivity contribution in [1.29, 1.82) is 0 Å². The normalized spacial score (nSPS) is 10.9. The van der Waals surface area contributed by atoms with E-state index in [2.05, 4.69) is 18.0 Å². The summed E-state index contributed by atoms with van der Waals surface area (Å²) >= 11 is 1.64. The Balaban J connectivity index is 2.70. The van der Waals surface area contributed by atoms with Gasteiger partial charge in [-0.05, 0) is 31.5 Å². The second-order valence-corrected chi connectivity index (χ2v) is 4.33. The molecule has 2 aromatic rings. The zero-order valence-electron chi connectivity index (χ0n) is 8.91. The van der Waals surface area contributed by atoms with Crippen molar-refractivity contribution in [2.75, 3.05) is 13.7 Å². The van der Waals surface area contributed by atoms with Crippen molar-refractivity contribution in [2.24, 2.45) is 5.73 Å². The van der Waals surface area contributed by atoms with E-state index in [-0.39, 0.29) is 0 Å². The number of ether oxygens (including phenoxy) is 1. The van der Waals surface area contributed by atoms with Gasteiger partial charge in [0.2, 0.25) is 0 Å². The molecule has 1 aromatic heterocycles. The Morgan fingerprint density at radius 2 is 2.33 bits per heavy atom. The number of methoxy groups -OCH3 is 1. The molecule has 15 heavy (non-hydrogen) atoms.